The third-order valence-corrected chi connectivity index (χ3v) is 5.86. The molecule has 2 aromatic rings. The number of carbonyl (C=O) groups excluding carboxylic acids is 1. The second-order valence-electron chi connectivity index (χ2n) is 6.02. The van der Waals surface area contributed by atoms with Crippen LogP contribution in [0.5, 0.6) is 0 Å². The smallest absolute Gasteiger partial charge is 0.261 e. The Bertz CT molecular complexity index is 1050. The average molecular weight is 444 g/mol. The number of hydrogen-bond donors (Lipinski definition) is 3. The van der Waals surface area contributed by atoms with Crippen LogP contribution in [0.2, 0.25) is 5.02 Å². The lowest BCUT2D eigenvalue weighted by atomic mass is 10.0. The van der Waals surface area contributed by atoms with Crippen molar-refractivity contribution in [3.05, 3.63) is 74.0 Å². The highest BCUT2D eigenvalue weighted by Gasteiger charge is 2.16. The van der Waals surface area contributed by atoms with E-state index in [0.29, 0.717) is 18.0 Å². The van der Waals surface area contributed by atoms with Gasteiger partial charge in [0.2, 0.25) is 0 Å². The quantitative estimate of drug-likeness (QED) is 0.652. The number of hydrogen-bond acceptors (Lipinski definition) is 5. The third-order valence-electron chi connectivity index (χ3n) is 4.13. The first kappa shape index (κ1) is 22.2. The van der Waals surface area contributed by atoms with Crippen LogP contribution in [0.1, 0.15) is 21.6 Å². The summed E-state index contributed by atoms with van der Waals surface area (Å²) < 4.78 is 24.3. The number of benzene rings is 1. The fourth-order valence-corrected chi connectivity index (χ4v) is 3.87. The van der Waals surface area contributed by atoms with Gasteiger partial charge in [0, 0.05) is 42.2 Å². The summed E-state index contributed by atoms with van der Waals surface area (Å²) in [5.41, 5.74) is 1.27. The first-order valence-electron chi connectivity index (χ1n) is 8.28. The van der Waals surface area contributed by atoms with Crippen LogP contribution in [-0.2, 0) is 22.8 Å². The maximum Gasteiger partial charge on any atom is 0.261 e. The lowest BCUT2D eigenvalue weighted by molar-refractivity contribution is 0.0956. The summed E-state index contributed by atoms with van der Waals surface area (Å²) in [5, 5.41) is 7.15. The molecule has 0 bridgehead atoms. The molecule has 0 atom stereocenters. The first-order chi connectivity index (χ1) is 12.9. The largest absolute Gasteiger partial charge is 0.348 e. The average Bonchev–Trinajstić information content (AvgIpc) is 2.65. The number of carbonyl (C=O) groups is 1. The number of halogens is 2. The Balaban J connectivity index is 0.00000280. The van der Waals surface area contributed by atoms with E-state index in [2.05, 4.69) is 15.6 Å². The van der Waals surface area contributed by atoms with E-state index in [4.69, 9.17) is 11.6 Å². The highest BCUT2D eigenvalue weighted by molar-refractivity contribution is 7.94. The van der Waals surface area contributed by atoms with Crippen LogP contribution in [0.15, 0.2) is 51.5 Å². The number of sulfone groups is 1. The predicted molar refractivity (Wildman–Crippen MR) is 110 cm³/mol. The Morgan fingerprint density at radius 3 is 2.68 bits per heavy atom. The Labute approximate surface area is 173 Å². The van der Waals surface area contributed by atoms with Crippen LogP contribution in [0, 0.1) is 0 Å². The molecular formula is C18H19Cl2N3O4S. The van der Waals surface area contributed by atoms with E-state index >= 15 is 0 Å². The molecule has 0 spiro atoms. The summed E-state index contributed by atoms with van der Waals surface area (Å²) in [5.74, 6) is -0.557. The molecule has 0 unspecified atom stereocenters. The molecule has 1 aromatic heterocycles. The lowest BCUT2D eigenvalue weighted by Crippen LogP contribution is -2.33. The van der Waals surface area contributed by atoms with Crippen LogP contribution >= 0.6 is 24.0 Å². The van der Waals surface area contributed by atoms with Crippen LogP contribution in [0.3, 0.4) is 0 Å². The number of H-pyrrole nitrogens is 1. The van der Waals surface area contributed by atoms with E-state index in [1.165, 1.54) is 30.3 Å². The van der Waals surface area contributed by atoms with Crippen LogP contribution < -0.4 is 16.2 Å². The van der Waals surface area contributed by atoms with Gasteiger partial charge in [-0.15, -0.1) is 12.4 Å². The molecular weight excluding hydrogens is 425 g/mol. The molecule has 0 aliphatic carbocycles. The monoisotopic (exact) mass is 443 g/mol. The number of aromatic amines is 1. The molecule has 28 heavy (non-hydrogen) atoms. The van der Waals surface area contributed by atoms with Crippen LogP contribution in [0.25, 0.3) is 0 Å². The molecule has 0 saturated carbocycles. The van der Waals surface area contributed by atoms with E-state index in [0.717, 1.165) is 23.2 Å². The fraction of sp³-hybridized carbons (Fsp3) is 0.222. The van der Waals surface area contributed by atoms with Crippen molar-refractivity contribution in [3.63, 3.8) is 0 Å². The standard InChI is InChI=1S/C18H18ClN3O4S.ClH/c19-13-2-4-14(5-3-13)27(25,26)9-1-7-21-17(23)15-10-12-11-20-8-6-16(12)22-18(15)24;/h1-5,9-10,20H,6-8,11H2,(H,21,23)(H,22,24);1H/b9-1+;. The summed E-state index contributed by atoms with van der Waals surface area (Å²) in [6, 6.07) is 7.36. The van der Waals surface area contributed by atoms with Crippen molar-refractivity contribution in [2.45, 2.75) is 17.9 Å². The fourth-order valence-electron chi connectivity index (χ4n) is 2.72. The summed E-state index contributed by atoms with van der Waals surface area (Å²) in [4.78, 5) is 27.2. The van der Waals surface area contributed by atoms with Crippen molar-refractivity contribution in [2.75, 3.05) is 13.1 Å². The minimum atomic E-state index is -3.63. The highest BCUT2D eigenvalue weighted by Crippen LogP contribution is 2.16. The molecule has 0 saturated heterocycles. The number of pyridine rings is 1. The van der Waals surface area contributed by atoms with Crippen molar-refractivity contribution in [2.24, 2.45) is 0 Å². The Hall–Kier alpha value is -2.13. The zero-order valence-corrected chi connectivity index (χ0v) is 17.1. The number of rotatable bonds is 5. The SMILES string of the molecule is Cl.O=C(NC/C=C/S(=O)(=O)c1ccc(Cl)cc1)c1cc2c([nH]c1=O)CCNC2. The Morgan fingerprint density at radius 1 is 1.25 bits per heavy atom. The van der Waals surface area contributed by atoms with Gasteiger partial charge in [0.05, 0.1) is 4.90 Å². The maximum absolute atomic E-state index is 12.2. The van der Waals surface area contributed by atoms with Crippen molar-refractivity contribution in [1.29, 1.82) is 0 Å². The van der Waals surface area contributed by atoms with Crippen molar-refractivity contribution in [3.8, 4) is 0 Å². The van der Waals surface area contributed by atoms with Gasteiger partial charge in [0.1, 0.15) is 5.56 Å². The van der Waals surface area contributed by atoms with E-state index in [1.54, 1.807) is 6.07 Å². The lowest BCUT2D eigenvalue weighted by Gasteiger charge is -2.17. The molecule has 3 N–H and O–H groups in total. The molecule has 10 heteroatoms. The van der Waals surface area contributed by atoms with E-state index < -0.39 is 21.3 Å². The van der Waals surface area contributed by atoms with Crippen molar-refractivity contribution >= 4 is 39.8 Å². The maximum atomic E-state index is 12.2. The van der Waals surface area contributed by atoms with E-state index in [-0.39, 0.29) is 29.4 Å². The third kappa shape index (κ3) is 5.23. The minimum Gasteiger partial charge on any atom is -0.348 e. The number of amides is 1. The van der Waals surface area contributed by atoms with Gasteiger partial charge in [0.15, 0.2) is 9.84 Å². The number of fused-ring (bicyclic) bond motifs is 1. The van der Waals surface area contributed by atoms with Gasteiger partial charge < -0.3 is 15.6 Å². The van der Waals surface area contributed by atoms with Gasteiger partial charge in [0.25, 0.3) is 11.5 Å². The topological polar surface area (TPSA) is 108 Å². The molecule has 2 heterocycles. The zero-order valence-electron chi connectivity index (χ0n) is 14.7. The van der Waals surface area contributed by atoms with Gasteiger partial charge >= 0.3 is 0 Å². The second-order valence-corrected chi connectivity index (χ2v) is 8.29. The number of nitrogens with one attached hydrogen (secondary N) is 3. The molecule has 1 aliphatic rings. The van der Waals surface area contributed by atoms with Gasteiger partial charge in [-0.25, -0.2) is 8.42 Å². The molecule has 150 valence electrons. The summed E-state index contributed by atoms with van der Waals surface area (Å²) in [6.07, 6.45) is 2.02. The molecule has 0 fully saturated rings. The van der Waals surface area contributed by atoms with Crippen LogP contribution in [0.4, 0.5) is 0 Å². The molecule has 7 nitrogen and oxygen atoms in total. The molecule has 1 amide bonds. The zero-order chi connectivity index (χ0) is 19.4. The van der Waals surface area contributed by atoms with Gasteiger partial charge in [-0.05, 0) is 35.9 Å². The Morgan fingerprint density at radius 2 is 1.96 bits per heavy atom. The van der Waals surface area contributed by atoms with Crippen molar-refractivity contribution < 1.29 is 13.2 Å². The van der Waals surface area contributed by atoms with Gasteiger partial charge in [-0.3, -0.25) is 9.59 Å². The molecule has 0 radical (unpaired) electrons. The van der Waals surface area contributed by atoms with Crippen molar-refractivity contribution in [1.82, 2.24) is 15.6 Å². The summed E-state index contributed by atoms with van der Waals surface area (Å²) >= 11 is 5.75. The van der Waals surface area contributed by atoms with E-state index in [9.17, 15) is 18.0 Å². The molecule has 1 aromatic carbocycles. The van der Waals surface area contributed by atoms with Gasteiger partial charge in [-0.2, -0.15) is 0 Å². The van der Waals surface area contributed by atoms with Crippen LogP contribution in [-0.4, -0.2) is 32.4 Å². The predicted octanol–water partition coefficient (Wildman–Crippen LogP) is 1.81. The Kier molecular flexibility index (Phi) is 7.42. The number of aromatic nitrogens is 1. The minimum absolute atomic E-state index is 0. The summed E-state index contributed by atoms with van der Waals surface area (Å²) in [7, 11) is -3.63. The second kappa shape index (κ2) is 9.38. The van der Waals surface area contributed by atoms with Gasteiger partial charge in [-0.1, -0.05) is 17.7 Å². The molecule has 1 aliphatic heterocycles. The summed E-state index contributed by atoms with van der Waals surface area (Å²) in [6.45, 7) is 1.34. The first-order valence-corrected chi connectivity index (χ1v) is 10.2. The molecule has 3 rings (SSSR count). The highest BCUT2D eigenvalue weighted by atomic mass is 35.5. The van der Waals surface area contributed by atoms with E-state index in [1.807, 2.05) is 0 Å². The normalized spacial score (nSPS) is 13.6.